The number of anilines is 1. The highest BCUT2D eigenvalue weighted by atomic mass is 16.7. The Bertz CT molecular complexity index is 1540. The highest BCUT2D eigenvalue weighted by Gasteiger charge is 2.12. The zero-order valence-electron chi connectivity index (χ0n) is 19.0. The molecule has 0 aliphatic heterocycles. The van der Waals surface area contributed by atoms with Gasteiger partial charge < -0.3 is 14.6 Å². The number of nitrogens with one attached hydrogen (secondary N) is 1. The smallest absolute Gasteiger partial charge is 0.380 e. The first-order valence-corrected chi connectivity index (χ1v) is 10.9. The maximum atomic E-state index is 11.8. The van der Waals surface area contributed by atoms with Gasteiger partial charge in [0.05, 0.1) is 24.2 Å². The van der Waals surface area contributed by atoms with E-state index in [9.17, 15) is 4.79 Å². The molecule has 0 saturated carbocycles. The first-order chi connectivity index (χ1) is 16.5. The molecule has 0 saturated heterocycles. The number of rotatable bonds is 6. The molecule has 0 aliphatic rings. The minimum absolute atomic E-state index is 0.0741. The minimum Gasteiger partial charge on any atom is -0.464 e. The lowest BCUT2D eigenvalue weighted by molar-refractivity contribution is 0.199. The van der Waals surface area contributed by atoms with E-state index >= 15 is 0 Å². The van der Waals surface area contributed by atoms with Crippen molar-refractivity contribution in [1.82, 2.24) is 19.7 Å². The third kappa shape index (κ3) is 4.38. The molecule has 170 valence electrons. The molecular formula is C26H23N5O3. The number of aryl methyl sites for hydroxylation is 2. The van der Waals surface area contributed by atoms with E-state index in [0.29, 0.717) is 17.4 Å². The molecule has 0 bridgehead atoms. The molecule has 1 atom stereocenters. The Morgan fingerprint density at radius 3 is 2.79 bits per heavy atom. The van der Waals surface area contributed by atoms with Crippen molar-refractivity contribution in [3.63, 3.8) is 0 Å². The summed E-state index contributed by atoms with van der Waals surface area (Å²) in [5.41, 5.74) is 4.27. The molecule has 0 radical (unpaired) electrons. The molecule has 2 aromatic carbocycles. The second-order valence-corrected chi connectivity index (χ2v) is 8.07. The standard InChI is InChI=1S/C26H23N5O3/c1-16-15-33-24-9-8-20(13-22(16)24)23-14-25(30-18(3)29-23)28-17(2)19-6-4-7-21(12-19)34-31-11-5-10-27-26(31)32/h4-15,17H,1-3H3,(H,28,29,30). The van der Waals surface area contributed by atoms with Crippen LogP contribution in [0.1, 0.15) is 29.9 Å². The Balaban J connectivity index is 1.39. The van der Waals surface area contributed by atoms with Gasteiger partial charge in [-0.15, -0.1) is 4.73 Å². The predicted molar refractivity (Wildman–Crippen MR) is 130 cm³/mol. The monoisotopic (exact) mass is 453 g/mol. The third-order valence-corrected chi connectivity index (χ3v) is 5.51. The van der Waals surface area contributed by atoms with Gasteiger partial charge in [0.1, 0.15) is 17.2 Å². The summed E-state index contributed by atoms with van der Waals surface area (Å²) in [5.74, 6) is 1.92. The van der Waals surface area contributed by atoms with Crippen molar-refractivity contribution in [3.8, 4) is 17.0 Å². The Morgan fingerprint density at radius 2 is 1.94 bits per heavy atom. The third-order valence-electron chi connectivity index (χ3n) is 5.51. The summed E-state index contributed by atoms with van der Waals surface area (Å²) in [6.45, 7) is 5.94. The molecule has 0 spiro atoms. The molecular weight excluding hydrogens is 430 g/mol. The molecule has 1 N–H and O–H groups in total. The molecule has 3 aromatic heterocycles. The summed E-state index contributed by atoms with van der Waals surface area (Å²) in [6, 6.07) is 17.1. The zero-order chi connectivity index (χ0) is 23.7. The van der Waals surface area contributed by atoms with Crippen LogP contribution < -0.4 is 15.8 Å². The van der Waals surface area contributed by atoms with Gasteiger partial charge in [0, 0.05) is 23.2 Å². The number of benzene rings is 2. The summed E-state index contributed by atoms with van der Waals surface area (Å²) in [7, 11) is 0. The molecule has 0 fully saturated rings. The zero-order valence-corrected chi connectivity index (χ0v) is 19.0. The normalized spacial score (nSPS) is 12.0. The fraction of sp³-hybridized carbons (Fsp3) is 0.154. The first-order valence-electron chi connectivity index (χ1n) is 10.9. The lowest BCUT2D eigenvalue weighted by Crippen LogP contribution is -2.25. The lowest BCUT2D eigenvalue weighted by Gasteiger charge is -2.17. The Kier molecular flexibility index (Phi) is 5.55. The van der Waals surface area contributed by atoms with Gasteiger partial charge in [0.15, 0.2) is 5.75 Å². The Labute approximate surface area is 195 Å². The van der Waals surface area contributed by atoms with Gasteiger partial charge in [-0.1, -0.05) is 12.1 Å². The van der Waals surface area contributed by atoms with Crippen LogP contribution in [0.3, 0.4) is 0 Å². The summed E-state index contributed by atoms with van der Waals surface area (Å²) in [4.78, 5) is 30.4. The van der Waals surface area contributed by atoms with Crippen molar-refractivity contribution in [1.29, 1.82) is 0 Å². The number of aromatic nitrogens is 4. The molecule has 8 nitrogen and oxygen atoms in total. The molecule has 3 heterocycles. The second kappa shape index (κ2) is 8.82. The summed E-state index contributed by atoms with van der Waals surface area (Å²) in [6.07, 6.45) is 4.71. The summed E-state index contributed by atoms with van der Waals surface area (Å²) >= 11 is 0. The molecule has 5 aromatic rings. The quantitative estimate of drug-likeness (QED) is 0.383. The van der Waals surface area contributed by atoms with Crippen molar-refractivity contribution in [2.24, 2.45) is 0 Å². The molecule has 5 rings (SSSR count). The highest BCUT2D eigenvalue weighted by molar-refractivity contribution is 5.85. The van der Waals surface area contributed by atoms with Gasteiger partial charge in [0.25, 0.3) is 0 Å². The number of nitrogens with zero attached hydrogens (tertiary/aromatic N) is 4. The van der Waals surface area contributed by atoms with Crippen LogP contribution in [0.5, 0.6) is 5.75 Å². The van der Waals surface area contributed by atoms with Crippen LogP contribution in [-0.2, 0) is 0 Å². The van der Waals surface area contributed by atoms with Gasteiger partial charge >= 0.3 is 5.69 Å². The largest absolute Gasteiger partial charge is 0.464 e. The molecule has 8 heteroatoms. The second-order valence-electron chi connectivity index (χ2n) is 8.07. The van der Waals surface area contributed by atoms with Crippen LogP contribution in [0.15, 0.2) is 82.5 Å². The maximum absolute atomic E-state index is 11.8. The molecule has 1 unspecified atom stereocenters. The summed E-state index contributed by atoms with van der Waals surface area (Å²) in [5, 5.41) is 4.52. The Hall–Kier alpha value is -4.46. The number of fused-ring (bicyclic) bond motifs is 1. The average molecular weight is 454 g/mol. The van der Waals surface area contributed by atoms with Gasteiger partial charge in [-0.05, 0) is 68.3 Å². The topological polar surface area (TPSA) is 95.1 Å². The van der Waals surface area contributed by atoms with Crippen LogP contribution in [0.2, 0.25) is 0 Å². The number of furan rings is 1. The SMILES string of the molecule is Cc1nc(NC(C)c2cccc(On3cccnc3=O)c2)cc(-c2ccc3occ(C)c3c2)n1. The van der Waals surface area contributed by atoms with Crippen molar-refractivity contribution in [2.75, 3.05) is 5.32 Å². The van der Waals surface area contributed by atoms with Crippen LogP contribution in [0.4, 0.5) is 5.82 Å². The van der Waals surface area contributed by atoms with Crippen molar-refractivity contribution >= 4 is 16.8 Å². The van der Waals surface area contributed by atoms with Crippen molar-refractivity contribution in [2.45, 2.75) is 26.8 Å². The number of hydrogen-bond acceptors (Lipinski definition) is 7. The van der Waals surface area contributed by atoms with Gasteiger partial charge in [-0.2, -0.15) is 4.98 Å². The predicted octanol–water partition coefficient (Wildman–Crippen LogP) is 5.08. The van der Waals surface area contributed by atoms with E-state index in [2.05, 4.69) is 26.3 Å². The van der Waals surface area contributed by atoms with Gasteiger partial charge in [-0.3, -0.25) is 0 Å². The van der Waals surface area contributed by atoms with E-state index in [1.54, 1.807) is 18.4 Å². The fourth-order valence-electron chi connectivity index (χ4n) is 3.78. The molecule has 0 aliphatic carbocycles. The van der Waals surface area contributed by atoms with Gasteiger partial charge in [0.2, 0.25) is 0 Å². The van der Waals surface area contributed by atoms with E-state index in [1.807, 2.05) is 57.2 Å². The molecule has 34 heavy (non-hydrogen) atoms. The van der Waals surface area contributed by atoms with E-state index in [4.69, 9.17) is 9.25 Å². The van der Waals surface area contributed by atoms with Crippen LogP contribution >= 0.6 is 0 Å². The minimum atomic E-state index is -0.480. The van der Waals surface area contributed by atoms with Crippen LogP contribution in [0.25, 0.3) is 22.2 Å². The fourth-order valence-corrected chi connectivity index (χ4v) is 3.78. The molecule has 0 amide bonds. The van der Waals surface area contributed by atoms with Crippen LogP contribution in [0, 0.1) is 13.8 Å². The Morgan fingerprint density at radius 1 is 1.06 bits per heavy atom. The van der Waals surface area contributed by atoms with E-state index in [0.717, 1.165) is 38.1 Å². The first kappa shape index (κ1) is 21.4. The average Bonchev–Trinajstić information content (AvgIpc) is 3.20. The van der Waals surface area contributed by atoms with Gasteiger partial charge in [-0.25, -0.2) is 14.8 Å². The van der Waals surface area contributed by atoms with E-state index in [-0.39, 0.29) is 6.04 Å². The highest BCUT2D eigenvalue weighted by Crippen LogP contribution is 2.29. The van der Waals surface area contributed by atoms with Crippen LogP contribution in [-0.4, -0.2) is 19.7 Å². The maximum Gasteiger partial charge on any atom is 0.380 e. The van der Waals surface area contributed by atoms with E-state index < -0.39 is 5.69 Å². The van der Waals surface area contributed by atoms with E-state index in [1.165, 1.54) is 12.4 Å². The van der Waals surface area contributed by atoms with Crippen molar-refractivity contribution < 1.29 is 9.25 Å². The lowest BCUT2D eigenvalue weighted by atomic mass is 10.1. The van der Waals surface area contributed by atoms with Crippen molar-refractivity contribution in [3.05, 3.63) is 101 Å². The summed E-state index contributed by atoms with van der Waals surface area (Å²) < 4.78 is 6.66. The number of hydrogen-bond donors (Lipinski definition) is 1.